The molecular formula is C21H18F6N6O4. The molecule has 5 N–H and O–H groups in total. The van der Waals surface area contributed by atoms with Gasteiger partial charge in [0, 0.05) is 24.7 Å². The van der Waals surface area contributed by atoms with Crippen molar-refractivity contribution in [2.24, 2.45) is 16.5 Å². The van der Waals surface area contributed by atoms with Crippen LogP contribution in [-0.4, -0.2) is 65.8 Å². The predicted molar refractivity (Wildman–Crippen MR) is 111 cm³/mol. The summed E-state index contributed by atoms with van der Waals surface area (Å²) in [5.74, 6) is -8.24. The van der Waals surface area contributed by atoms with E-state index in [0.717, 1.165) is 0 Å². The minimum atomic E-state index is -5.17. The first-order valence-corrected chi connectivity index (χ1v) is 10.4. The fourth-order valence-electron chi connectivity index (χ4n) is 4.02. The number of nitriles is 1. The fourth-order valence-corrected chi connectivity index (χ4v) is 4.02. The van der Waals surface area contributed by atoms with Gasteiger partial charge in [0.2, 0.25) is 0 Å². The number of nitrogens with one attached hydrogen (secondary N) is 1. The zero-order chi connectivity index (χ0) is 27.7. The van der Waals surface area contributed by atoms with Gasteiger partial charge in [-0.1, -0.05) is 0 Å². The van der Waals surface area contributed by atoms with Gasteiger partial charge < -0.3 is 26.4 Å². The Morgan fingerprint density at radius 1 is 1.24 bits per heavy atom. The molecule has 0 radical (unpaired) electrons. The Hall–Kier alpha value is -4.13. The van der Waals surface area contributed by atoms with E-state index >= 15 is 0 Å². The van der Waals surface area contributed by atoms with Gasteiger partial charge in [-0.15, -0.1) is 0 Å². The summed E-state index contributed by atoms with van der Waals surface area (Å²) < 4.78 is 86.5. The number of hydrogen-bond acceptors (Lipinski definition) is 9. The van der Waals surface area contributed by atoms with E-state index in [0.29, 0.717) is 17.2 Å². The van der Waals surface area contributed by atoms with Crippen LogP contribution in [0.4, 0.5) is 26.3 Å². The number of nitrogens with zero attached hydrogens (tertiary/aromatic N) is 3. The molecule has 1 aromatic rings. The minimum absolute atomic E-state index is 0.286. The lowest BCUT2D eigenvalue weighted by Gasteiger charge is -2.41. The van der Waals surface area contributed by atoms with E-state index < -0.39 is 96.4 Å². The molecule has 1 aromatic carbocycles. The molecule has 10 nitrogen and oxygen atoms in total. The molecule has 0 bridgehead atoms. The molecule has 16 heteroatoms. The van der Waals surface area contributed by atoms with Gasteiger partial charge in [-0.3, -0.25) is 14.6 Å². The van der Waals surface area contributed by atoms with Crippen molar-refractivity contribution in [3.05, 3.63) is 46.5 Å². The van der Waals surface area contributed by atoms with Crippen LogP contribution in [0, 0.1) is 28.8 Å². The SMILES string of the molecule is N#CCOC(=O)C1(C(N)=O)NC(C(F)(F)F)=C2C=NC[C@H](C(=O)CC(N)Cc3cc(F)c(F)cc3F)N21. The van der Waals surface area contributed by atoms with Crippen molar-refractivity contribution in [2.75, 3.05) is 13.2 Å². The smallest absolute Gasteiger partial charge is 0.433 e. The molecular weight excluding hydrogens is 514 g/mol. The molecule has 0 saturated heterocycles. The summed E-state index contributed by atoms with van der Waals surface area (Å²) >= 11 is 0. The first-order chi connectivity index (χ1) is 17.2. The van der Waals surface area contributed by atoms with E-state index in [1.165, 1.54) is 6.07 Å². The maximum atomic E-state index is 14.0. The molecule has 2 heterocycles. The van der Waals surface area contributed by atoms with E-state index in [1.54, 1.807) is 5.32 Å². The Labute approximate surface area is 204 Å². The van der Waals surface area contributed by atoms with Gasteiger partial charge in [-0.05, 0) is 18.1 Å². The minimum Gasteiger partial charge on any atom is -0.447 e. The van der Waals surface area contributed by atoms with Crippen LogP contribution >= 0.6 is 0 Å². The summed E-state index contributed by atoms with van der Waals surface area (Å²) in [6, 6.07) is -0.701. The lowest BCUT2D eigenvalue weighted by Crippen LogP contribution is -2.71. The quantitative estimate of drug-likeness (QED) is 0.186. The molecule has 0 saturated carbocycles. The number of ketones is 1. The first-order valence-electron chi connectivity index (χ1n) is 10.4. The van der Waals surface area contributed by atoms with E-state index in [-0.39, 0.29) is 11.6 Å². The van der Waals surface area contributed by atoms with Crippen molar-refractivity contribution in [1.82, 2.24) is 10.2 Å². The maximum absolute atomic E-state index is 14.0. The highest BCUT2D eigenvalue weighted by molar-refractivity contribution is 6.10. The van der Waals surface area contributed by atoms with Crippen LogP contribution in [0.1, 0.15) is 12.0 Å². The summed E-state index contributed by atoms with van der Waals surface area (Å²) in [6.45, 7) is -1.49. The van der Waals surface area contributed by atoms with Crippen LogP contribution in [-0.2, 0) is 25.5 Å². The molecule has 0 spiro atoms. The number of carbonyl (C=O) groups excluding carboxylic acids is 3. The first kappa shape index (κ1) is 27.5. The Morgan fingerprint density at radius 3 is 2.49 bits per heavy atom. The zero-order valence-electron chi connectivity index (χ0n) is 18.6. The highest BCUT2D eigenvalue weighted by Crippen LogP contribution is 2.40. The molecule has 1 amide bonds. The largest absolute Gasteiger partial charge is 0.447 e. The van der Waals surface area contributed by atoms with Gasteiger partial charge in [0.1, 0.15) is 23.6 Å². The highest BCUT2D eigenvalue weighted by Gasteiger charge is 2.64. The monoisotopic (exact) mass is 532 g/mol. The average molecular weight is 532 g/mol. The topological polar surface area (TPSA) is 164 Å². The van der Waals surface area contributed by atoms with Gasteiger partial charge in [0.05, 0.1) is 12.2 Å². The summed E-state index contributed by atoms with van der Waals surface area (Å²) in [5, 5.41) is 10.4. The molecule has 37 heavy (non-hydrogen) atoms. The molecule has 3 rings (SSSR count). The number of hydrogen-bond donors (Lipinski definition) is 3. The number of ether oxygens (including phenoxy) is 1. The Morgan fingerprint density at radius 2 is 1.89 bits per heavy atom. The predicted octanol–water partition coefficient (Wildman–Crippen LogP) is 0.313. The highest BCUT2D eigenvalue weighted by atomic mass is 19.4. The number of benzene rings is 1. The molecule has 198 valence electrons. The van der Waals surface area contributed by atoms with Crippen molar-refractivity contribution in [3.63, 3.8) is 0 Å². The Bertz CT molecular complexity index is 1240. The molecule has 2 aliphatic heterocycles. The number of alkyl halides is 3. The van der Waals surface area contributed by atoms with Crippen LogP contribution in [0.5, 0.6) is 0 Å². The van der Waals surface area contributed by atoms with Crippen LogP contribution in [0.25, 0.3) is 0 Å². The van der Waals surface area contributed by atoms with Gasteiger partial charge in [-0.2, -0.15) is 18.4 Å². The maximum Gasteiger partial charge on any atom is 0.433 e. The summed E-state index contributed by atoms with van der Waals surface area (Å²) in [6.07, 6.45) is -5.62. The van der Waals surface area contributed by atoms with Crippen LogP contribution in [0.3, 0.4) is 0 Å². The fraction of sp³-hybridized carbons (Fsp3) is 0.381. The second-order valence-electron chi connectivity index (χ2n) is 8.06. The van der Waals surface area contributed by atoms with Crippen LogP contribution in [0.2, 0.25) is 0 Å². The standard InChI is InChI=1S/C21H18F6N6O4/c22-11-6-13(24)12(23)4-9(11)3-10(29)5-16(34)14-7-31-8-15-17(21(25,26)27)32-20(18(30)35,33(14)15)19(36)37-2-1-28/h4,6,8,10,14,32H,2-3,5,7,29H2,(H2,30,35)/t10?,14-,20?/m1/s1. The van der Waals surface area contributed by atoms with E-state index in [4.69, 9.17) is 16.7 Å². The molecule has 0 aliphatic carbocycles. The summed E-state index contributed by atoms with van der Waals surface area (Å²) in [5.41, 5.74) is 5.27. The third-order valence-corrected chi connectivity index (χ3v) is 5.60. The number of nitrogens with two attached hydrogens (primary N) is 2. The molecule has 3 atom stereocenters. The number of esters is 1. The number of aliphatic imine (C=N–C) groups is 1. The van der Waals surface area contributed by atoms with Gasteiger partial charge in [0.25, 0.3) is 11.6 Å². The third kappa shape index (κ3) is 5.07. The summed E-state index contributed by atoms with van der Waals surface area (Å²) in [4.78, 5) is 42.5. The van der Waals surface area contributed by atoms with Crippen molar-refractivity contribution in [1.29, 1.82) is 5.26 Å². The summed E-state index contributed by atoms with van der Waals surface area (Å²) in [7, 11) is 0. The van der Waals surface area contributed by atoms with Crippen molar-refractivity contribution < 1.29 is 45.5 Å². The van der Waals surface area contributed by atoms with Gasteiger partial charge in [-0.25, -0.2) is 18.0 Å². The molecule has 0 fully saturated rings. The lowest BCUT2D eigenvalue weighted by atomic mass is 9.95. The Kier molecular flexibility index (Phi) is 7.49. The molecule has 0 aromatic heterocycles. The molecule has 2 unspecified atom stereocenters. The van der Waals surface area contributed by atoms with Crippen molar-refractivity contribution in [3.8, 4) is 6.07 Å². The number of halogens is 6. The second-order valence-corrected chi connectivity index (χ2v) is 8.06. The van der Waals surface area contributed by atoms with Crippen molar-refractivity contribution in [2.45, 2.75) is 36.8 Å². The van der Waals surface area contributed by atoms with Crippen LogP contribution < -0.4 is 16.8 Å². The number of allylic oxidation sites excluding steroid dienone is 2. The lowest BCUT2D eigenvalue weighted by molar-refractivity contribution is -0.164. The Balaban J connectivity index is 1.97. The third-order valence-electron chi connectivity index (χ3n) is 5.60. The van der Waals surface area contributed by atoms with E-state index in [1.807, 2.05) is 0 Å². The van der Waals surface area contributed by atoms with E-state index in [9.17, 15) is 40.7 Å². The van der Waals surface area contributed by atoms with E-state index in [2.05, 4.69) is 9.73 Å². The van der Waals surface area contributed by atoms with Crippen molar-refractivity contribution >= 4 is 23.9 Å². The number of Topliss-reactive ketones (excluding diaryl/α,β-unsaturated/α-hetero) is 1. The van der Waals surface area contributed by atoms with Gasteiger partial charge >= 0.3 is 12.1 Å². The van der Waals surface area contributed by atoms with Crippen LogP contribution in [0.15, 0.2) is 28.5 Å². The van der Waals surface area contributed by atoms with Gasteiger partial charge in [0.15, 0.2) is 24.0 Å². The normalized spacial score (nSPS) is 21.7. The number of fused-ring (bicyclic) bond motifs is 1. The number of rotatable bonds is 8. The number of primary amides is 1. The average Bonchev–Trinajstić information content (AvgIpc) is 3.18. The second kappa shape index (κ2) is 10.1. The number of carbonyl (C=O) groups is 3. The zero-order valence-corrected chi connectivity index (χ0v) is 18.6. The molecule has 2 aliphatic rings. The number of amides is 1.